The minimum Gasteiger partial charge on any atom is -0.457 e. The van der Waals surface area contributed by atoms with Gasteiger partial charge in [0.15, 0.2) is 5.78 Å². The van der Waals surface area contributed by atoms with Crippen LogP contribution in [0.2, 0.25) is 5.02 Å². The fraction of sp³-hybridized carbons (Fsp3) is 0.125. The molecule has 0 aliphatic rings. The Bertz CT molecular complexity index is 632. The van der Waals surface area contributed by atoms with Crippen molar-refractivity contribution in [3.05, 3.63) is 70.2 Å². The number of rotatable bonds is 4. The van der Waals surface area contributed by atoms with Crippen molar-refractivity contribution in [3.8, 4) is 0 Å². The summed E-state index contributed by atoms with van der Waals surface area (Å²) in [7, 11) is 0. The van der Waals surface area contributed by atoms with Gasteiger partial charge in [-0.2, -0.15) is 0 Å². The summed E-state index contributed by atoms with van der Waals surface area (Å²) in [6.45, 7) is 1.66. The van der Waals surface area contributed by atoms with Crippen LogP contribution in [-0.4, -0.2) is 11.8 Å². The molecule has 0 aliphatic carbocycles. The van der Waals surface area contributed by atoms with E-state index in [-0.39, 0.29) is 12.4 Å². The smallest absolute Gasteiger partial charge is 0.338 e. The molecule has 4 heteroatoms. The summed E-state index contributed by atoms with van der Waals surface area (Å²) >= 11 is 5.81. The predicted octanol–water partition coefficient (Wildman–Crippen LogP) is 3.90. The second-order valence-corrected chi connectivity index (χ2v) is 4.78. The molecule has 0 bridgehead atoms. The Hall–Kier alpha value is -2.13. The zero-order chi connectivity index (χ0) is 14.5. The van der Waals surface area contributed by atoms with Crippen molar-refractivity contribution in [2.45, 2.75) is 13.5 Å². The number of hydrogen-bond donors (Lipinski definition) is 0. The molecule has 0 radical (unpaired) electrons. The van der Waals surface area contributed by atoms with Crippen LogP contribution in [-0.2, 0) is 11.3 Å². The summed E-state index contributed by atoms with van der Waals surface area (Å²) in [5.74, 6) is -0.421. The Morgan fingerprint density at radius 2 is 1.75 bits per heavy atom. The molecule has 2 aromatic rings. The molecule has 0 unspecified atom stereocenters. The fourth-order valence-electron chi connectivity index (χ4n) is 1.68. The summed E-state index contributed by atoms with van der Waals surface area (Å²) in [6, 6.07) is 13.6. The second kappa shape index (κ2) is 6.35. The van der Waals surface area contributed by atoms with E-state index in [1.165, 1.54) is 6.92 Å². The average molecular weight is 289 g/mol. The lowest BCUT2D eigenvalue weighted by Gasteiger charge is -2.06. The quantitative estimate of drug-likeness (QED) is 0.633. The van der Waals surface area contributed by atoms with E-state index in [0.29, 0.717) is 16.1 Å². The topological polar surface area (TPSA) is 43.4 Å². The number of esters is 1. The van der Waals surface area contributed by atoms with Crippen LogP contribution in [0.1, 0.15) is 33.2 Å². The number of carbonyl (C=O) groups is 2. The number of ketones is 1. The molecule has 0 N–H and O–H groups in total. The number of benzene rings is 2. The van der Waals surface area contributed by atoms with Gasteiger partial charge in [0.2, 0.25) is 0 Å². The molecule has 0 aromatic heterocycles. The monoisotopic (exact) mass is 288 g/mol. The normalized spacial score (nSPS) is 10.1. The Morgan fingerprint density at radius 1 is 1.05 bits per heavy atom. The van der Waals surface area contributed by atoms with Crippen LogP contribution < -0.4 is 0 Å². The first-order valence-corrected chi connectivity index (χ1v) is 6.46. The highest BCUT2D eigenvalue weighted by atomic mass is 35.5. The van der Waals surface area contributed by atoms with Crippen LogP contribution in [0.4, 0.5) is 0 Å². The van der Waals surface area contributed by atoms with E-state index in [2.05, 4.69) is 0 Å². The van der Waals surface area contributed by atoms with Crippen LogP contribution in [0, 0.1) is 0 Å². The van der Waals surface area contributed by atoms with E-state index >= 15 is 0 Å². The summed E-state index contributed by atoms with van der Waals surface area (Å²) < 4.78 is 5.19. The van der Waals surface area contributed by atoms with Crippen LogP contribution in [0.5, 0.6) is 0 Å². The van der Waals surface area contributed by atoms with Gasteiger partial charge in [-0.15, -0.1) is 0 Å². The van der Waals surface area contributed by atoms with Gasteiger partial charge in [0, 0.05) is 10.6 Å². The van der Waals surface area contributed by atoms with Gasteiger partial charge >= 0.3 is 5.97 Å². The Balaban J connectivity index is 1.98. The molecule has 0 spiro atoms. The maximum absolute atomic E-state index is 11.8. The summed E-state index contributed by atoms with van der Waals surface area (Å²) in [6.07, 6.45) is 0. The third-order valence-corrected chi connectivity index (χ3v) is 3.03. The van der Waals surface area contributed by atoms with Crippen molar-refractivity contribution < 1.29 is 14.3 Å². The third-order valence-electron chi connectivity index (χ3n) is 2.79. The summed E-state index contributed by atoms with van der Waals surface area (Å²) in [4.78, 5) is 23.0. The van der Waals surface area contributed by atoms with E-state index in [1.54, 1.807) is 48.5 Å². The first-order chi connectivity index (χ1) is 9.56. The molecule has 0 aliphatic heterocycles. The zero-order valence-corrected chi connectivity index (χ0v) is 11.7. The molecular weight excluding hydrogens is 276 g/mol. The fourth-order valence-corrected chi connectivity index (χ4v) is 1.87. The highest BCUT2D eigenvalue weighted by Gasteiger charge is 2.08. The van der Waals surface area contributed by atoms with E-state index < -0.39 is 5.97 Å². The Morgan fingerprint density at radius 3 is 2.35 bits per heavy atom. The van der Waals surface area contributed by atoms with E-state index in [9.17, 15) is 9.59 Å². The number of halogens is 1. The van der Waals surface area contributed by atoms with Crippen LogP contribution in [0.25, 0.3) is 0 Å². The van der Waals surface area contributed by atoms with Crippen molar-refractivity contribution in [2.75, 3.05) is 0 Å². The lowest BCUT2D eigenvalue weighted by Crippen LogP contribution is -2.05. The molecule has 3 nitrogen and oxygen atoms in total. The lowest BCUT2D eigenvalue weighted by atomic mass is 10.1. The first-order valence-electron chi connectivity index (χ1n) is 6.09. The highest BCUT2D eigenvalue weighted by Crippen LogP contribution is 2.13. The number of ether oxygens (including phenoxy) is 1. The molecule has 2 aromatic carbocycles. The summed E-state index contributed by atoms with van der Waals surface area (Å²) in [5, 5.41) is 0.491. The standard InChI is InChI=1S/C16H13ClO3/c1-11(18)13-7-5-12(6-8-13)10-20-16(19)14-3-2-4-15(17)9-14/h2-9H,10H2,1H3. The minimum atomic E-state index is -0.428. The van der Waals surface area contributed by atoms with E-state index in [0.717, 1.165) is 5.56 Å². The summed E-state index contributed by atoms with van der Waals surface area (Å²) in [5.41, 5.74) is 1.87. The third kappa shape index (κ3) is 3.68. The van der Waals surface area contributed by atoms with Crippen molar-refractivity contribution in [3.63, 3.8) is 0 Å². The SMILES string of the molecule is CC(=O)c1ccc(COC(=O)c2cccc(Cl)c2)cc1. The van der Waals surface area contributed by atoms with Gasteiger partial charge < -0.3 is 4.74 Å². The van der Waals surface area contributed by atoms with Gasteiger partial charge in [0.25, 0.3) is 0 Å². The Labute approximate surface area is 122 Å². The molecule has 102 valence electrons. The maximum Gasteiger partial charge on any atom is 0.338 e. The number of hydrogen-bond acceptors (Lipinski definition) is 3. The molecule has 0 atom stereocenters. The lowest BCUT2D eigenvalue weighted by molar-refractivity contribution is 0.0472. The molecule has 0 saturated carbocycles. The van der Waals surface area contributed by atoms with Gasteiger partial charge in [-0.3, -0.25) is 4.79 Å². The van der Waals surface area contributed by atoms with Crippen molar-refractivity contribution in [1.82, 2.24) is 0 Å². The molecule has 20 heavy (non-hydrogen) atoms. The number of carbonyl (C=O) groups excluding carboxylic acids is 2. The molecule has 0 fully saturated rings. The number of Topliss-reactive ketones (excluding diaryl/α,β-unsaturated/α-hetero) is 1. The van der Waals surface area contributed by atoms with Crippen LogP contribution in [0.15, 0.2) is 48.5 Å². The molecule has 0 saturated heterocycles. The van der Waals surface area contributed by atoms with E-state index in [1.807, 2.05) is 0 Å². The average Bonchev–Trinajstić information content (AvgIpc) is 2.45. The second-order valence-electron chi connectivity index (χ2n) is 4.34. The molecule has 0 heterocycles. The maximum atomic E-state index is 11.8. The first kappa shape index (κ1) is 14.3. The van der Waals surface area contributed by atoms with Crippen LogP contribution >= 0.6 is 11.6 Å². The predicted molar refractivity (Wildman–Crippen MR) is 77.0 cm³/mol. The van der Waals surface area contributed by atoms with Crippen molar-refractivity contribution in [2.24, 2.45) is 0 Å². The van der Waals surface area contributed by atoms with Gasteiger partial charge in [-0.1, -0.05) is 41.9 Å². The zero-order valence-electron chi connectivity index (χ0n) is 10.9. The minimum absolute atomic E-state index is 0.00692. The van der Waals surface area contributed by atoms with E-state index in [4.69, 9.17) is 16.3 Å². The van der Waals surface area contributed by atoms with Gasteiger partial charge in [-0.05, 0) is 30.7 Å². The van der Waals surface area contributed by atoms with Crippen molar-refractivity contribution >= 4 is 23.4 Å². The Kier molecular flexibility index (Phi) is 4.53. The highest BCUT2D eigenvalue weighted by molar-refractivity contribution is 6.30. The van der Waals surface area contributed by atoms with Gasteiger partial charge in [0.1, 0.15) is 6.61 Å². The largest absolute Gasteiger partial charge is 0.457 e. The molecular formula is C16H13ClO3. The van der Waals surface area contributed by atoms with Crippen molar-refractivity contribution in [1.29, 1.82) is 0 Å². The molecule has 0 amide bonds. The van der Waals surface area contributed by atoms with Crippen LogP contribution in [0.3, 0.4) is 0 Å². The molecule has 2 rings (SSSR count). The van der Waals surface area contributed by atoms with Gasteiger partial charge in [0.05, 0.1) is 5.56 Å². The van der Waals surface area contributed by atoms with Gasteiger partial charge in [-0.25, -0.2) is 4.79 Å².